The Balaban J connectivity index is 2.10. The van der Waals surface area contributed by atoms with E-state index >= 15 is 0 Å². The van der Waals surface area contributed by atoms with Crippen molar-refractivity contribution in [3.63, 3.8) is 0 Å². The van der Waals surface area contributed by atoms with Crippen molar-refractivity contribution in [3.05, 3.63) is 64.9 Å². The molecule has 1 aromatic carbocycles. The summed E-state index contributed by atoms with van der Waals surface area (Å²) in [6.07, 6.45) is 3.46. The van der Waals surface area contributed by atoms with Gasteiger partial charge in [-0.3, -0.25) is 9.78 Å². The van der Waals surface area contributed by atoms with Crippen LogP contribution in [-0.4, -0.2) is 22.8 Å². The highest BCUT2D eigenvalue weighted by Gasteiger charge is 2.12. The van der Waals surface area contributed by atoms with Crippen molar-refractivity contribution < 1.29 is 4.79 Å². The number of benzene rings is 1. The average molecular weight is 261 g/mol. The third kappa shape index (κ3) is 3.08. The van der Waals surface area contributed by atoms with Crippen molar-refractivity contribution in [2.75, 3.05) is 7.05 Å². The molecule has 0 aliphatic rings. The number of carbonyl (C=O) groups excluding carboxylic acids is 1. The lowest BCUT2D eigenvalue weighted by atomic mass is 10.2. The second-order valence-electron chi connectivity index (χ2n) is 4.03. The summed E-state index contributed by atoms with van der Waals surface area (Å²) >= 11 is 5.87. The van der Waals surface area contributed by atoms with Gasteiger partial charge in [-0.2, -0.15) is 0 Å². The molecule has 2 aromatic rings. The molecule has 92 valence electrons. The van der Waals surface area contributed by atoms with E-state index in [4.69, 9.17) is 11.6 Å². The molecule has 0 saturated carbocycles. The Morgan fingerprint density at radius 1 is 1.33 bits per heavy atom. The quantitative estimate of drug-likeness (QED) is 0.850. The van der Waals surface area contributed by atoms with E-state index in [0.717, 1.165) is 5.56 Å². The van der Waals surface area contributed by atoms with Crippen LogP contribution in [0.1, 0.15) is 15.9 Å². The molecular weight excluding hydrogens is 248 g/mol. The van der Waals surface area contributed by atoms with Gasteiger partial charge in [-0.15, -0.1) is 0 Å². The molecule has 0 saturated heterocycles. The van der Waals surface area contributed by atoms with E-state index in [1.54, 1.807) is 48.6 Å². The predicted molar refractivity (Wildman–Crippen MR) is 71.5 cm³/mol. The van der Waals surface area contributed by atoms with E-state index < -0.39 is 0 Å². The Labute approximate surface area is 111 Å². The molecule has 0 atom stereocenters. The summed E-state index contributed by atoms with van der Waals surface area (Å²) in [5.74, 6) is -0.0543. The maximum absolute atomic E-state index is 12.1. The van der Waals surface area contributed by atoms with Gasteiger partial charge in [0.2, 0.25) is 0 Å². The van der Waals surface area contributed by atoms with Crippen LogP contribution in [0.5, 0.6) is 0 Å². The number of halogens is 1. The van der Waals surface area contributed by atoms with E-state index in [0.29, 0.717) is 17.1 Å². The molecule has 0 aliphatic carbocycles. The first-order chi connectivity index (χ1) is 8.66. The molecular formula is C14H13ClN2O. The van der Waals surface area contributed by atoms with Gasteiger partial charge in [0.1, 0.15) is 0 Å². The number of amides is 1. The van der Waals surface area contributed by atoms with Gasteiger partial charge in [-0.05, 0) is 29.8 Å². The second-order valence-corrected chi connectivity index (χ2v) is 4.47. The molecule has 2 rings (SSSR count). The van der Waals surface area contributed by atoms with Crippen LogP contribution >= 0.6 is 11.6 Å². The third-order valence-electron chi connectivity index (χ3n) is 2.56. The van der Waals surface area contributed by atoms with Crippen molar-refractivity contribution in [3.8, 4) is 0 Å². The molecule has 4 heteroatoms. The van der Waals surface area contributed by atoms with E-state index in [2.05, 4.69) is 4.98 Å². The zero-order chi connectivity index (χ0) is 13.0. The molecule has 0 radical (unpaired) electrons. The molecule has 1 aromatic heterocycles. The topological polar surface area (TPSA) is 33.2 Å². The van der Waals surface area contributed by atoms with Gasteiger partial charge in [0, 0.05) is 36.6 Å². The molecule has 18 heavy (non-hydrogen) atoms. The fourth-order valence-electron chi connectivity index (χ4n) is 1.68. The second kappa shape index (κ2) is 5.65. The van der Waals surface area contributed by atoms with Gasteiger partial charge in [-0.1, -0.05) is 23.7 Å². The highest BCUT2D eigenvalue weighted by molar-refractivity contribution is 6.30. The predicted octanol–water partition coefficient (Wildman–Crippen LogP) is 3.01. The van der Waals surface area contributed by atoms with Crippen LogP contribution in [0.2, 0.25) is 5.02 Å². The number of hydrogen-bond acceptors (Lipinski definition) is 2. The Morgan fingerprint density at radius 3 is 2.83 bits per heavy atom. The molecule has 0 bridgehead atoms. The number of carbonyl (C=O) groups is 1. The van der Waals surface area contributed by atoms with Gasteiger partial charge in [-0.25, -0.2) is 0 Å². The Morgan fingerprint density at radius 2 is 2.17 bits per heavy atom. The normalized spacial score (nSPS) is 10.1. The van der Waals surface area contributed by atoms with E-state index in [1.165, 1.54) is 0 Å². The largest absolute Gasteiger partial charge is 0.337 e. The summed E-state index contributed by atoms with van der Waals surface area (Å²) in [7, 11) is 1.76. The number of nitrogens with zero attached hydrogens (tertiary/aromatic N) is 2. The average Bonchev–Trinajstić information content (AvgIpc) is 2.39. The van der Waals surface area contributed by atoms with Crippen LogP contribution in [-0.2, 0) is 6.54 Å². The molecule has 0 fully saturated rings. The summed E-state index contributed by atoms with van der Waals surface area (Å²) in [4.78, 5) is 17.8. The van der Waals surface area contributed by atoms with E-state index in [-0.39, 0.29) is 5.91 Å². The monoisotopic (exact) mass is 260 g/mol. The minimum Gasteiger partial charge on any atom is -0.337 e. The van der Waals surface area contributed by atoms with Gasteiger partial charge < -0.3 is 4.90 Å². The zero-order valence-electron chi connectivity index (χ0n) is 10.0. The first-order valence-electron chi connectivity index (χ1n) is 5.57. The lowest BCUT2D eigenvalue weighted by molar-refractivity contribution is 0.0785. The van der Waals surface area contributed by atoms with Crippen LogP contribution in [0, 0.1) is 0 Å². The minimum absolute atomic E-state index is 0.0543. The summed E-state index contributed by atoms with van der Waals surface area (Å²) in [5, 5.41) is 0.565. The SMILES string of the molecule is CN(Cc1cccnc1)C(=O)c1cccc(Cl)c1. The number of pyridine rings is 1. The van der Waals surface area contributed by atoms with Crippen LogP contribution < -0.4 is 0 Å². The zero-order valence-corrected chi connectivity index (χ0v) is 10.8. The van der Waals surface area contributed by atoms with Crippen molar-refractivity contribution in [2.45, 2.75) is 6.54 Å². The fraction of sp³-hybridized carbons (Fsp3) is 0.143. The van der Waals surface area contributed by atoms with Crippen LogP contribution in [0.3, 0.4) is 0 Å². The van der Waals surface area contributed by atoms with Crippen LogP contribution in [0.25, 0.3) is 0 Å². The lowest BCUT2D eigenvalue weighted by Gasteiger charge is -2.17. The summed E-state index contributed by atoms with van der Waals surface area (Å²) in [5.41, 5.74) is 1.59. The van der Waals surface area contributed by atoms with Crippen LogP contribution in [0.4, 0.5) is 0 Å². The van der Waals surface area contributed by atoms with Crippen LogP contribution in [0.15, 0.2) is 48.8 Å². The highest BCUT2D eigenvalue weighted by atomic mass is 35.5. The van der Waals surface area contributed by atoms with Crippen molar-refractivity contribution in [1.29, 1.82) is 0 Å². The fourth-order valence-corrected chi connectivity index (χ4v) is 1.87. The smallest absolute Gasteiger partial charge is 0.253 e. The van der Waals surface area contributed by atoms with Gasteiger partial charge >= 0.3 is 0 Å². The van der Waals surface area contributed by atoms with E-state index in [9.17, 15) is 4.79 Å². The molecule has 3 nitrogen and oxygen atoms in total. The molecule has 1 heterocycles. The Kier molecular flexibility index (Phi) is 3.95. The number of aromatic nitrogens is 1. The van der Waals surface area contributed by atoms with Gasteiger partial charge in [0.15, 0.2) is 0 Å². The molecule has 0 spiro atoms. The summed E-state index contributed by atoms with van der Waals surface area (Å²) in [6.45, 7) is 0.527. The van der Waals surface area contributed by atoms with E-state index in [1.807, 2.05) is 12.1 Å². The van der Waals surface area contributed by atoms with Crippen molar-refractivity contribution in [2.24, 2.45) is 0 Å². The van der Waals surface area contributed by atoms with Gasteiger partial charge in [0.05, 0.1) is 0 Å². The Bertz CT molecular complexity index is 543. The lowest BCUT2D eigenvalue weighted by Crippen LogP contribution is -2.26. The maximum Gasteiger partial charge on any atom is 0.253 e. The number of hydrogen-bond donors (Lipinski definition) is 0. The number of rotatable bonds is 3. The van der Waals surface area contributed by atoms with Crippen molar-refractivity contribution >= 4 is 17.5 Å². The standard InChI is InChI=1S/C14H13ClN2O/c1-17(10-11-4-3-7-16-9-11)14(18)12-5-2-6-13(15)8-12/h2-9H,10H2,1H3. The highest BCUT2D eigenvalue weighted by Crippen LogP contribution is 2.13. The molecule has 1 amide bonds. The summed E-state index contributed by atoms with van der Waals surface area (Å²) < 4.78 is 0. The first kappa shape index (κ1) is 12.6. The van der Waals surface area contributed by atoms with Crippen molar-refractivity contribution in [1.82, 2.24) is 9.88 Å². The first-order valence-corrected chi connectivity index (χ1v) is 5.94. The Hall–Kier alpha value is -1.87. The van der Waals surface area contributed by atoms with Gasteiger partial charge in [0.25, 0.3) is 5.91 Å². The minimum atomic E-state index is -0.0543. The molecule has 0 aliphatic heterocycles. The maximum atomic E-state index is 12.1. The summed E-state index contributed by atoms with van der Waals surface area (Å²) in [6, 6.07) is 10.7. The third-order valence-corrected chi connectivity index (χ3v) is 2.80. The molecule has 0 N–H and O–H groups in total. The molecule has 0 unspecified atom stereocenters.